The third kappa shape index (κ3) is 4.53. The van der Waals surface area contributed by atoms with E-state index >= 15 is 0 Å². The van der Waals surface area contributed by atoms with E-state index in [0.29, 0.717) is 21.9 Å². The van der Waals surface area contributed by atoms with Gasteiger partial charge in [-0.3, -0.25) is 14.9 Å². The molecule has 0 unspecified atom stereocenters. The van der Waals surface area contributed by atoms with Gasteiger partial charge in [0.05, 0.1) is 24.7 Å². The summed E-state index contributed by atoms with van der Waals surface area (Å²) in [5.74, 6) is 0.0811. The summed E-state index contributed by atoms with van der Waals surface area (Å²) < 4.78 is 5.16. The largest absolute Gasteiger partial charge is 0.496 e. The molecular weight excluding hydrogens is 334 g/mol. The summed E-state index contributed by atoms with van der Waals surface area (Å²) in [5, 5.41) is 15.3. The first kappa shape index (κ1) is 17.4. The van der Waals surface area contributed by atoms with E-state index in [4.69, 9.17) is 16.3 Å². The number of hydrogen-bond donors (Lipinski definition) is 1. The highest BCUT2D eigenvalue weighted by Gasteiger charge is 2.15. The molecule has 0 saturated carbocycles. The number of carbonyl (C=O) groups excluding carboxylic acids is 1. The van der Waals surface area contributed by atoms with Crippen LogP contribution in [0.2, 0.25) is 5.02 Å². The Kier molecular flexibility index (Phi) is 5.86. The Labute approximate surface area is 143 Å². The van der Waals surface area contributed by atoms with Gasteiger partial charge in [0.15, 0.2) is 0 Å². The summed E-state index contributed by atoms with van der Waals surface area (Å²) in [6, 6.07) is 11.0. The topological polar surface area (TPSA) is 93.8 Å². The van der Waals surface area contributed by atoms with Crippen molar-refractivity contribution < 1.29 is 14.5 Å². The maximum absolute atomic E-state index is 11.9. The van der Waals surface area contributed by atoms with Crippen LogP contribution in [-0.4, -0.2) is 24.2 Å². The molecule has 2 aromatic rings. The second-order valence-corrected chi connectivity index (χ2v) is 5.18. The number of halogens is 1. The van der Waals surface area contributed by atoms with E-state index in [2.05, 4.69) is 10.5 Å². The third-order valence-electron chi connectivity index (χ3n) is 3.12. The first-order valence-corrected chi connectivity index (χ1v) is 7.27. The zero-order chi connectivity index (χ0) is 17.5. The Morgan fingerprint density at radius 2 is 2.12 bits per heavy atom. The summed E-state index contributed by atoms with van der Waals surface area (Å²) >= 11 is 5.90. The van der Waals surface area contributed by atoms with Crippen LogP contribution in [0.3, 0.4) is 0 Å². The minimum absolute atomic E-state index is 0.104. The van der Waals surface area contributed by atoms with Gasteiger partial charge in [-0.15, -0.1) is 0 Å². The number of nitrogens with one attached hydrogen (secondary N) is 1. The van der Waals surface area contributed by atoms with Crippen molar-refractivity contribution in [1.29, 1.82) is 0 Å². The second-order valence-electron chi connectivity index (χ2n) is 4.74. The number of amides is 1. The molecular formula is C16H14ClN3O4. The number of carbonyl (C=O) groups is 1. The van der Waals surface area contributed by atoms with Crippen LogP contribution in [0.4, 0.5) is 5.69 Å². The zero-order valence-electron chi connectivity index (χ0n) is 12.7. The molecule has 7 nitrogen and oxygen atoms in total. The number of hydrogen-bond acceptors (Lipinski definition) is 5. The van der Waals surface area contributed by atoms with Crippen LogP contribution in [0.25, 0.3) is 0 Å². The third-order valence-corrected chi connectivity index (χ3v) is 3.36. The van der Waals surface area contributed by atoms with Crippen LogP contribution in [0.5, 0.6) is 5.75 Å². The van der Waals surface area contributed by atoms with E-state index in [1.165, 1.54) is 25.5 Å². The van der Waals surface area contributed by atoms with Crippen molar-refractivity contribution in [2.45, 2.75) is 6.42 Å². The molecule has 2 rings (SSSR count). The van der Waals surface area contributed by atoms with E-state index in [9.17, 15) is 14.9 Å². The van der Waals surface area contributed by atoms with Gasteiger partial charge in [0.2, 0.25) is 5.91 Å². The highest BCUT2D eigenvalue weighted by atomic mass is 35.5. The van der Waals surface area contributed by atoms with Crippen LogP contribution in [0.15, 0.2) is 47.6 Å². The maximum atomic E-state index is 11.9. The second kappa shape index (κ2) is 8.07. The van der Waals surface area contributed by atoms with Crippen LogP contribution in [0, 0.1) is 10.1 Å². The molecule has 0 saturated heterocycles. The van der Waals surface area contributed by atoms with Gasteiger partial charge in [-0.2, -0.15) is 5.10 Å². The van der Waals surface area contributed by atoms with Crippen molar-refractivity contribution in [3.8, 4) is 5.75 Å². The van der Waals surface area contributed by atoms with Gasteiger partial charge < -0.3 is 4.74 Å². The van der Waals surface area contributed by atoms with Crippen molar-refractivity contribution in [2.75, 3.05) is 7.11 Å². The number of nitro benzene ring substituents is 1. The SMILES string of the molecule is COc1ccc(Cl)cc1C=NNC(=O)Cc1ccccc1[N+](=O)[O-]. The average Bonchev–Trinajstić information content (AvgIpc) is 2.55. The van der Waals surface area contributed by atoms with Gasteiger partial charge in [0.1, 0.15) is 5.75 Å². The van der Waals surface area contributed by atoms with Gasteiger partial charge in [-0.05, 0) is 18.2 Å². The van der Waals surface area contributed by atoms with Gasteiger partial charge in [-0.1, -0.05) is 29.8 Å². The van der Waals surface area contributed by atoms with E-state index in [1.54, 1.807) is 30.3 Å². The lowest BCUT2D eigenvalue weighted by molar-refractivity contribution is -0.385. The number of para-hydroxylation sites is 1. The number of ether oxygens (including phenoxy) is 1. The number of nitro groups is 1. The fourth-order valence-corrected chi connectivity index (χ4v) is 2.21. The van der Waals surface area contributed by atoms with Gasteiger partial charge in [0, 0.05) is 22.2 Å². The maximum Gasteiger partial charge on any atom is 0.273 e. The van der Waals surface area contributed by atoms with E-state index in [0.717, 1.165) is 0 Å². The molecule has 0 bridgehead atoms. The Morgan fingerprint density at radius 1 is 1.38 bits per heavy atom. The molecule has 1 amide bonds. The lowest BCUT2D eigenvalue weighted by Crippen LogP contribution is -2.20. The summed E-state index contributed by atoms with van der Waals surface area (Å²) in [4.78, 5) is 22.3. The highest BCUT2D eigenvalue weighted by Crippen LogP contribution is 2.21. The molecule has 124 valence electrons. The molecule has 8 heteroatoms. The minimum Gasteiger partial charge on any atom is -0.496 e. The van der Waals surface area contributed by atoms with E-state index in [-0.39, 0.29) is 12.1 Å². The van der Waals surface area contributed by atoms with Crippen molar-refractivity contribution in [1.82, 2.24) is 5.43 Å². The average molecular weight is 348 g/mol. The van der Waals surface area contributed by atoms with Crippen LogP contribution in [0.1, 0.15) is 11.1 Å². The molecule has 0 aliphatic rings. The molecule has 0 aromatic heterocycles. The number of benzene rings is 2. The first-order valence-electron chi connectivity index (χ1n) is 6.89. The van der Waals surface area contributed by atoms with Crippen molar-refractivity contribution in [2.24, 2.45) is 5.10 Å². The summed E-state index contributed by atoms with van der Waals surface area (Å²) in [6.07, 6.45) is 1.24. The van der Waals surface area contributed by atoms with Crippen LogP contribution < -0.4 is 10.2 Å². The monoisotopic (exact) mass is 347 g/mol. The van der Waals surface area contributed by atoms with E-state index in [1.807, 2.05) is 0 Å². The smallest absolute Gasteiger partial charge is 0.273 e. The quantitative estimate of drug-likeness (QED) is 0.494. The molecule has 0 atom stereocenters. The normalized spacial score (nSPS) is 10.6. The predicted octanol–water partition coefficient (Wildman–Crippen LogP) is 2.95. The molecule has 2 aromatic carbocycles. The highest BCUT2D eigenvalue weighted by molar-refractivity contribution is 6.30. The standard InChI is InChI=1S/C16H14ClN3O4/c1-24-15-7-6-13(17)8-12(15)10-18-19-16(21)9-11-4-2-3-5-14(11)20(22)23/h2-8,10H,9H2,1H3,(H,19,21). The lowest BCUT2D eigenvalue weighted by atomic mass is 10.1. The molecule has 0 aliphatic heterocycles. The minimum atomic E-state index is -0.525. The lowest BCUT2D eigenvalue weighted by Gasteiger charge is -2.05. The molecule has 0 fully saturated rings. The van der Waals surface area contributed by atoms with Crippen molar-refractivity contribution in [3.63, 3.8) is 0 Å². The number of rotatable bonds is 6. The van der Waals surface area contributed by atoms with Crippen LogP contribution >= 0.6 is 11.6 Å². The number of hydrazone groups is 1. The Hall–Kier alpha value is -2.93. The predicted molar refractivity (Wildman–Crippen MR) is 90.5 cm³/mol. The zero-order valence-corrected chi connectivity index (χ0v) is 13.5. The Morgan fingerprint density at radius 3 is 2.83 bits per heavy atom. The van der Waals surface area contributed by atoms with Crippen LogP contribution in [-0.2, 0) is 11.2 Å². The van der Waals surface area contributed by atoms with Gasteiger partial charge in [-0.25, -0.2) is 5.43 Å². The van der Waals surface area contributed by atoms with E-state index < -0.39 is 10.8 Å². The molecule has 1 N–H and O–H groups in total. The van der Waals surface area contributed by atoms with Gasteiger partial charge in [0.25, 0.3) is 5.69 Å². The molecule has 0 heterocycles. The Bertz CT molecular complexity index is 793. The van der Waals surface area contributed by atoms with Crippen molar-refractivity contribution in [3.05, 3.63) is 68.7 Å². The van der Waals surface area contributed by atoms with Gasteiger partial charge >= 0.3 is 0 Å². The molecule has 0 spiro atoms. The summed E-state index contributed by atoms with van der Waals surface area (Å²) in [6.45, 7) is 0. The Balaban J connectivity index is 2.04. The number of nitrogens with zero attached hydrogens (tertiary/aromatic N) is 2. The van der Waals surface area contributed by atoms with Crippen molar-refractivity contribution >= 4 is 29.4 Å². The first-order chi connectivity index (χ1) is 11.5. The fraction of sp³-hybridized carbons (Fsp3) is 0.125. The summed E-state index contributed by atoms with van der Waals surface area (Å²) in [5.41, 5.74) is 3.13. The summed E-state index contributed by atoms with van der Waals surface area (Å²) in [7, 11) is 1.51. The number of methoxy groups -OCH3 is 1. The molecule has 0 aliphatic carbocycles. The fourth-order valence-electron chi connectivity index (χ4n) is 2.03. The molecule has 0 radical (unpaired) electrons. The molecule has 24 heavy (non-hydrogen) atoms.